The van der Waals surface area contributed by atoms with Gasteiger partial charge in [-0.3, -0.25) is 9.27 Å². The normalized spacial score (nSPS) is 12.8. The van der Waals surface area contributed by atoms with Gasteiger partial charge in [0, 0.05) is 11.4 Å². The van der Waals surface area contributed by atoms with Gasteiger partial charge in [-0.25, -0.2) is 8.42 Å². The highest BCUT2D eigenvalue weighted by Crippen LogP contribution is 2.35. The third kappa shape index (κ3) is 4.41. The minimum Gasteiger partial charge on any atom is -0.398 e. The van der Waals surface area contributed by atoms with Crippen LogP contribution in [0.25, 0.3) is 0 Å². The molecule has 2 aromatic carbocycles. The highest BCUT2D eigenvalue weighted by atomic mass is 32.2. The monoisotopic (exact) mass is 396 g/mol. The van der Waals surface area contributed by atoms with Crippen LogP contribution in [0.5, 0.6) is 0 Å². The van der Waals surface area contributed by atoms with E-state index in [-0.39, 0.29) is 5.69 Å². The molecule has 0 saturated heterocycles. The Morgan fingerprint density at radius 2 is 1.44 bits per heavy atom. The summed E-state index contributed by atoms with van der Waals surface area (Å²) in [5, 5.41) is 0. The van der Waals surface area contributed by atoms with Crippen molar-refractivity contribution in [1.82, 2.24) is 0 Å². The summed E-state index contributed by atoms with van der Waals surface area (Å²) < 4.78 is 95.5. The van der Waals surface area contributed by atoms with Gasteiger partial charge in [0.2, 0.25) is 0 Å². The van der Waals surface area contributed by atoms with Crippen molar-refractivity contribution < 1.29 is 34.6 Å². The topological polar surface area (TPSA) is 127 Å². The van der Waals surface area contributed by atoms with Gasteiger partial charge < -0.3 is 5.73 Å². The average Bonchev–Trinajstić information content (AvgIpc) is 2.45. The molecule has 0 spiro atoms. The van der Waals surface area contributed by atoms with Crippen molar-refractivity contribution in [1.29, 1.82) is 0 Å². The summed E-state index contributed by atoms with van der Waals surface area (Å²) in [5.41, 5.74) is 3.18. The Kier molecular flexibility index (Phi) is 4.72. The maximum atomic E-state index is 12.8. The van der Waals surface area contributed by atoms with Crippen molar-refractivity contribution in [2.24, 2.45) is 0 Å². The van der Waals surface area contributed by atoms with E-state index in [1.165, 1.54) is 0 Å². The first-order valence-electron chi connectivity index (χ1n) is 6.38. The number of nitrogens with two attached hydrogens (primary N) is 1. The zero-order valence-electron chi connectivity index (χ0n) is 12.1. The van der Waals surface area contributed by atoms with E-state index < -0.39 is 47.4 Å². The molecule has 0 amide bonds. The molecule has 136 valence electrons. The number of rotatable bonds is 4. The number of sulfonamides is 1. The second kappa shape index (κ2) is 6.20. The van der Waals surface area contributed by atoms with E-state index >= 15 is 0 Å². The quantitative estimate of drug-likeness (QED) is 0.538. The lowest BCUT2D eigenvalue weighted by Crippen LogP contribution is -2.16. The number of alkyl halides is 3. The molecule has 0 aliphatic rings. The van der Waals surface area contributed by atoms with Crippen molar-refractivity contribution in [2.75, 3.05) is 10.5 Å². The largest absolute Gasteiger partial charge is 0.418 e. The molecule has 2 rings (SSSR count). The fraction of sp³-hybridized carbons (Fsp3) is 0.0769. The molecule has 0 aliphatic carbocycles. The van der Waals surface area contributed by atoms with Crippen LogP contribution >= 0.6 is 0 Å². The maximum absolute atomic E-state index is 12.8. The molecule has 0 aliphatic heterocycles. The highest BCUT2D eigenvalue weighted by Gasteiger charge is 2.34. The van der Waals surface area contributed by atoms with Crippen LogP contribution in [0.3, 0.4) is 0 Å². The fourth-order valence-corrected chi connectivity index (χ4v) is 3.42. The molecular formula is C13H11F3N2O5S2. The summed E-state index contributed by atoms with van der Waals surface area (Å²) in [6.45, 7) is 0. The van der Waals surface area contributed by atoms with Crippen molar-refractivity contribution in [2.45, 2.75) is 16.0 Å². The smallest absolute Gasteiger partial charge is 0.398 e. The zero-order valence-corrected chi connectivity index (χ0v) is 13.8. The van der Waals surface area contributed by atoms with Crippen molar-refractivity contribution >= 4 is 31.5 Å². The fourth-order valence-electron chi connectivity index (χ4n) is 1.86. The van der Waals surface area contributed by atoms with Crippen LogP contribution in [0.1, 0.15) is 5.56 Å². The molecule has 7 nitrogen and oxygen atoms in total. The Bertz CT molecular complexity index is 1000. The first-order chi connectivity index (χ1) is 11.3. The van der Waals surface area contributed by atoms with Crippen LogP contribution in [0.4, 0.5) is 24.5 Å². The van der Waals surface area contributed by atoms with Crippen molar-refractivity contribution in [3.8, 4) is 0 Å². The second-order valence-electron chi connectivity index (χ2n) is 4.85. The van der Waals surface area contributed by atoms with Crippen LogP contribution in [0.15, 0.2) is 52.3 Å². The van der Waals surface area contributed by atoms with Gasteiger partial charge in [-0.15, -0.1) is 0 Å². The number of halogens is 3. The Hall–Kier alpha value is -2.31. The van der Waals surface area contributed by atoms with E-state index in [0.29, 0.717) is 6.07 Å². The predicted octanol–water partition coefficient (Wildman–Crippen LogP) is 2.34. The van der Waals surface area contributed by atoms with Crippen LogP contribution in [-0.4, -0.2) is 21.4 Å². The van der Waals surface area contributed by atoms with E-state index in [0.717, 1.165) is 36.4 Å². The number of nitrogens with one attached hydrogen (secondary N) is 1. The molecule has 0 heterocycles. The van der Waals surface area contributed by atoms with Gasteiger partial charge in [-0.1, -0.05) is 0 Å². The number of benzene rings is 2. The molecule has 12 heteroatoms. The molecular weight excluding hydrogens is 385 g/mol. The molecule has 2 aromatic rings. The van der Waals surface area contributed by atoms with Gasteiger partial charge in [0.1, 0.15) is 0 Å². The van der Waals surface area contributed by atoms with Crippen LogP contribution in [-0.2, 0) is 26.3 Å². The SMILES string of the molecule is Nc1ccc(S(=O)(=O)Nc2ccc(S(=O)(=O)O)cc2)cc1C(F)(F)F. The Morgan fingerprint density at radius 1 is 0.920 bits per heavy atom. The number of hydrogen-bond acceptors (Lipinski definition) is 5. The van der Waals surface area contributed by atoms with E-state index in [4.69, 9.17) is 10.3 Å². The van der Waals surface area contributed by atoms with Crippen LogP contribution in [0, 0.1) is 0 Å². The summed E-state index contributed by atoms with van der Waals surface area (Å²) in [5.74, 6) is 0. The molecule has 0 fully saturated rings. The minimum absolute atomic E-state index is 0.113. The molecule has 0 bridgehead atoms. The van der Waals surface area contributed by atoms with Gasteiger partial charge in [0.15, 0.2) is 0 Å². The Morgan fingerprint density at radius 3 is 1.92 bits per heavy atom. The van der Waals surface area contributed by atoms with Gasteiger partial charge in [0.05, 0.1) is 15.4 Å². The van der Waals surface area contributed by atoms with Crippen LogP contribution in [0.2, 0.25) is 0 Å². The third-order valence-corrected chi connectivity index (χ3v) is 5.29. The second-order valence-corrected chi connectivity index (χ2v) is 7.96. The van der Waals surface area contributed by atoms with Gasteiger partial charge >= 0.3 is 6.18 Å². The van der Waals surface area contributed by atoms with Gasteiger partial charge in [-0.2, -0.15) is 21.6 Å². The van der Waals surface area contributed by atoms with Crippen molar-refractivity contribution in [3.05, 3.63) is 48.0 Å². The number of nitrogen functional groups attached to an aromatic ring is 1. The number of anilines is 2. The molecule has 0 saturated carbocycles. The van der Waals surface area contributed by atoms with E-state index in [1.807, 2.05) is 4.72 Å². The maximum Gasteiger partial charge on any atom is 0.418 e. The van der Waals surface area contributed by atoms with Gasteiger partial charge in [-0.05, 0) is 42.5 Å². The van der Waals surface area contributed by atoms with E-state index in [2.05, 4.69) is 0 Å². The number of hydrogen-bond donors (Lipinski definition) is 3. The van der Waals surface area contributed by atoms with E-state index in [1.54, 1.807) is 0 Å². The summed E-state index contributed by atoms with van der Waals surface area (Å²) in [6.07, 6.45) is -4.83. The van der Waals surface area contributed by atoms with E-state index in [9.17, 15) is 30.0 Å². The summed E-state index contributed by atoms with van der Waals surface area (Å²) >= 11 is 0. The molecule has 0 radical (unpaired) electrons. The summed E-state index contributed by atoms with van der Waals surface area (Å²) in [4.78, 5) is -1.14. The Balaban J connectivity index is 2.37. The summed E-state index contributed by atoms with van der Waals surface area (Å²) in [6, 6.07) is 6.03. The lowest BCUT2D eigenvalue weighted by Gasteiger charge is -2.13. The predicted molar refractivity (Wildman–Crippen MR) is 82.9 cm³/mol. The summed E-state index contributed by atoms with van der Waals surface area (Å²) in [7, 11) is -8.84. The zero-order chi connectivity index (χ0) is 19.0. The van der Waals surface area contributed by atoms with Crippen LogP contribution < -0.4 is 10.5 Å². The van der Waals surface area contributed by atoms with Gasteiger partial charge in [0.25, 0.3) is 20.1 Å². The first-order valence-corrected chi connectivity index (χ1v) is 9.30. The molecule has 0 unspecified atom stereocenters. The lowest BCUT2D eigenvalue weighted by atomic mass is 10.2. The Labute approximate surface area is 141 Å². The molecule has 0 aromatic heterocycles. The third-order valence-electron chi connectivity index (χ3n) is 3.04. The molecule has 0 atom stereocenters. The first kappa shape index (κ1) is 19.0. The standard InChI is InChI=1S/C13H11F3N2O5S2/c14-13(15,16)11-7-10(5-6-12(11)17)24(19,20)18-8-1-3-9(4-2-8)25(21,22)23/h1-7,18H,17H2,(H,21,22,23). The lowest BCUT2D eigenvalue weighted by molar-refractivity contribution is -0.137. The molecule has 25 heavy (non-hydrogen) atoms. The van der Waals surface area contributed by atoms with Crippen molar-refractivity contribution in [3.63, 3.8) is 0 Å². The minimum atomic E-state index is -4.83. The highest BCUT2D eigenvalue weighted by molar-refractivity contribution is 7.92. The average molecular weight is 396 g/mol. The molecule has 4 N–H and O–H groups in total.